The van der Waals surface area contributed by atoms with Crippen LogP contribution in [-0.4, -0.2) is 28.0 Å². The van der Waals surface area contributed by atoms with Crippen molar-refractivity contribution in [2.75, 3.05) is 18.1 Å². The number of nitrogens with zero attached hydrogens (tertiary/aromatic N) is 2. The molecule has 0 saturated carbocycles. The fourth-order valence-electron chi connectivity index (χ4n) is 0.762. The zero-order valence-electron chi connectivity index (χ0n) is 7.62. The summed E-state index contributed by atoms with van der Waals surface area (Å²) in [6, 6.07) is 1.72. The summed E-state index contributed by atoms with van der Waals surface area (Å²) in [5.74, 6) is 0.779. The molecule has 0 aliphatic carbocycles. The molecule has 1 aromatic rings. The van der Waals surface area contributed by atoms with E-state index in [2.05, 4.69) is 28.5 Å². The number of rotatable bonds is 4. The van der Waals surface area contributed by atoms with E-state index in [-0.39, 0.29) is 0 Å². The number of aromatic nitrogens is 2. The third kappa shape index (κ3) is 3.83. The summed E-state index contributed by atoms with van der Waals surface area (Å²) in [4.78, 5) is 7.83. The van der Waals surface area contributed by atoms with Gasteiger partial charge >= 0.3 is 0 Å². The second-order valence-corrected chi connectivity index (χ2v) is 4.32. The van der Waals surface area contributed by atoms with Gasteiger partial charge < -0.3 is 5.32 Å². The average molecular weight is 218 g/mol. The molecule has 13 heavy (non-hydrogen) atoms. The van der Waals surface area contributed by atoms with Crippen molar-refractivity contribution in [2.45, 2.75) is 12.2 Å². The smallest absolute Gasteiger partial charge is 0.134 e. The van der Waals surface area contributed by atoms with Crippen molar-refractivity contribution in [1.29, 1.82) is 0 Å². The highest BCUT2D eigenvalue weighted by molar-refractivity contribution is 7.99. The summed E-state index contributed by atoms with van der Waals surface area (Å²) in [7, 11) is 0. The van der Waals surface area contributed by atoms with Gasteiger partial charge in [0, 0.05) is 17.9 Å². The molecule has 72 valence electrons. The Balaban J connectivity index is 2.45. The quantitative estimate of drug-likeness (QED) is 0.786. The molecule has 0 amide bonds. The standard InChI is InChI=1S/C8H12ClN3S/c1-6(13-2)4-10-8-3-7(9)11-5-12-8/h3,5-6H,4H2,1-2H3,(H,10,11,12). The van der Waals surface area contributed by atoms with E-state index >= 15 is 0 Å². The summed E-state index contributed by atoms with van der Waals surface area (Å²) < 4.78 is 0. The second kappa shape index (κ2) is 5.29. The van der Waals surface area contributed by atoms with E-state index in [1.54, 1.807) is 6.07 Å². The van der Waals surface area contributed by atoms with Gasteiger partial charge in [-0.3, -0.25) is 0 Å². The Morgan fingerprint density at radius 3 is 3.00 bits per heavy atom. The molecule has 1 heterocycles. The second-order valence-electron chi connectivity index (χ2n) is 2.65. The fraction of sp³-hybridized carbons (Fsp3) is 0.500. The third-order valence-corrected chi connectivity index (χ3v) is 2.78. The maximum absolute atomic E-state index is 5.70. The van der Waals surface area contributed by atoms with Crippen LogP contribution in [0.1, 0.15) is 6.92 Å². The molecule has 0 radical (unpaired) electrons. The van der Waals surface area contributed by atoms with Crippen LogP contribution in [0.2, 0.25) is 5.15 Å². The zero-order valence-corrected chi connectivity index (χ0v) is 9.19. The molecule has 3 nitrogen and oxygen atoms in total. The van der Waals surface area contributed by atoms with Crippen LogP contribution in [0.5, 0.6) is 0 Å². The number of hydrogen-bond donors (Lipinski definition) is 1. The first-order valence-electron chi connectivity index (χ1n) is 3.96. The number of halogens is 1. The molecule has 0 aliphatic heterocycles. The maximum atomic E-state index is 5.70. The van der Waals surface area contributed by atoms with Crippen molar-refractivity contribution in [2.24, 2.45) is 0 Å². The summed E-state index contributed by atoms with van der Waals surface area (Å²) in [6.07, 6.45) is 3.54. The van der Waals surface area contributed by atoms with Crippen LogP contribution in [0.15, 0.2) is 12.4 Å². The minimum absolute atomic E-state index is 0.467. The predicted octanol–water partition coefficient (Wildman–Crippen LogP) is 2.29. The highest BCUT2D eigenvalue weighted by atomic mass is 35.5. The monoisotopic (exact) mass is 217 g/mol. The van der Waals surface area contributed by atoms with Crippen molar-refractivity contribution in [3.63, 3.8) is 0 Å². The van der Waals surface area contributed by atoms with Gasteiger partial charge in [0.1, 0.15) is 17.3 Å². The number of thioether (sulfide) groups is 1. The highest BCUT2D eigenvalue weighted by Crippen LogP contribution is 2.10. The van der Waals surface area contributed by atoms with Gasteiger partial charge in [0.15, 0.2) is 0 Å². The lowest BCUT2D eigenvalue weighted by Crippen LogP contribution is -2.13. The first-order valence-corrected chi connectivity index (χ1v) is 5.63. The van der Waals surface area contributed by atoms with Gasteiger partial charge in [0.25, 0.3) is 0 Å². The molecule has 1 N–H and O–H groups in total. The summed E-state index contributed by atoms with van der Waals surface area (Å²) in [5.41, 5.74) is 0. The van der Waals surface area contributed by atoms with E-state index in [0.29, 0.717) is 10.4 Å². The Morgan fingerprint density at radius 1 is 1.62 bits per heavy atom. The van der Waals surface area contributed by atoms with Crippen LogP contribution in [0.3, 0.4) is 0 Å². The number of anilines is 1. The van der Waals surface area contributed by atoms with Crippen LogP contribution in [0.25, 0.3) is 0 Å². The number of hydrogen-bond acceptors (Lipinski definition) is 4. The molecule has 0 aromatic carbocycles. The molecule has 5 heteroatoms. The minimum Gasteiger partial charge on any atom is -0.369 e. The van der Waals surface area contributed by atoms with E-state index < -0.39 is 0 Å². The molecule has 0 spiro atoms. The maximum Gasteiger partial charge on any atom is 0.134 e. The van der Waals surface area contributed by atoms with E-state index in [0.717, 1.165) is 12.4 Å². The predicted molar refractivity (Wildman–Crippen MR) is 58.5 cm³/mol. The van der Waals surface area contributed by atoms with Crippen LogP contribution in [-0.2, 0) is 0 Å². The SMILES string of the molecule is CSC(C)CNc1cc(Cl)ncn1. The van der Waals surface area contributed by atoms with Gasteiger partial charge in [-0.05, 0) is 6.26 Å². The Hall–Kier alpha value is -0.480. The van der Waals surface area contributed by atoms with Gasteiger partial charge in [-0.1, -0.05) is 18.5 Å². The average Bonchev–Trinajstić information content (AvgIpc) is 2.14. The Morgan fingerprint density at radius 2 is 2.38 bits per heavy atom. The van der Waals surface area contributed by atoms with Gasteiger partial charge in [-0.25, -0.2) is 9.97 Å². The van der Waals surface area contributed by atoms with Crippen molar-refractivity contribution < 1.29 is 0 Å². The highest BCUT2D eigenvalue weighted by Gasteiger charge is 2.00. The molecule has 0 fully saturated rings. The third-order valence-electron chi connectivity index (χ3n) is 1.61. The molecule has 0 aliphatic rings. The molecule has 1 unspecified atom stereocenters. The molecule has 0 bridgehead atoms. The van der Waals surface area contributed by atoms with E-state index in [9.17, 15) is 0 Å². The molecular formula is C8H12ClN3S. The minimum atomic E-state index is 0.467. The first-order chi connectivity index (χ1) is 6.22. The topological polar surface area (TPSA) is 37.8 Å². The molecule has 1 rings (SSSR count). The van der Waals surface area contributed by atoms with Crippen LogP contribution < -0.4 is 5.32 Å². The lowest BCUT2D eigenvalue weighted by Gasteiger charge is -2.09. The fourth-order valence-corrected chi connectivity index (χ4v) is 1.16. The lowest BCUT2D eigenvalue weighted by atomic mass is 10.4. The molecule has 0 saturated heterocycles. The van der Waals surface area contributed by atoms with Crippen molar-refractivity contribution in [1.82, 2.24) is 9.97 Å². The largest absolute Gasteiger partial charge is 0.369 e. The molecule has 1 atom stereocenters. The van der Waals surface area contributed by atoms with E-state index in [1.165, 1.54) is 6.33 Å². The Labute approximate surface area is 87.3 Å². The van der Waals surface area contributed by atoms with E-state index in [1.807, 2.05) is 11.8 Å². The number of nitrogens with one attached hydrogen (secondary N) is 1. The summed E-state index contributed by atoms with van der Waals surface area (Å²) in [6.45, 7) is 3.04. The summed E-state index contributed by atoms with van der Waals surface area (Å²) >= 11 is 7.51. The van der Waals surface area contributed by atoms with Crippen molar-refractivity contribution >= 4 is 29.2 Å². The summed E-state index contributed by atoms with van der Waals surface area (Å²) in [5, 5.41) is 4.21. The van der Waals surface area contributed by atoms with E-state index in [4.69, 9.17) is 11.6 Å². The Kier molecular flexibility index (Phi) is 4.32. The van der Waals surface area contributed by atoms with Gasteiger partial charge in [0.2, 0.25) is 0 Å². The van der Waals surface area contributed by atoms with Crippen LogP contribution >= 0.6 is 23.4 Å². The van der Waals surface area contributed by atoms with Crippen LogP contribution in [0, 0.1) is 0 Å². The lowest BCUT2D eigenvalue weighted by molar-refractivity contribution is 0.986. The zero-order chi connectivity index (χ0) is 9.68. The van der Waals surface area contributed by atoms with Gasteiger partial charge in [0.05, 0.1) is 0 Å². The van der Waals surface area contributed by atoms with Gasteiger partial charge in [-0.15, -0.1) is 0 Å². The van der Waals surface area contributed by atoms with Crippen molar-refractivity contribution in [3.8, 4) is 0 Å². The Bertz CT molecular complexity index is 269. The molecule has 1 aromatic heterocycles. The normalized spacial score (nSPS) is 12.5. The van der Waals surface area contributed by atoms with Crippen molar-refractivity contribution in [3.05, 3.63) is 17.5 Å². The van der Waals surface area contributed by atoms with Gasteiger partial charge in [-0.2, -0.15) is 11.8 Å². The van der Waals surface area contributed by atoms with Crippen LogP contribution in [0.4, 0.5) is 5.82 Å². The molecular weight excluding hydrogens is 206 g/mol. The first kappa shape index (κ1) is 10.6.